The van der Waals surface area contributed by atoms with Crippen LogP contribution in [0, 0.1) is 0 Å². The molecule has 0 radical (unpaired) electrons. The van der Waals surface area contributed by atoms with Gasteiger partial charge in [0.2, 0.25) is 6.16 Å². The Kier molecular flexibility index (Phi) is 19.3. The van der Waals surface area contributed by atoms with Crippen LogP contribution in [0.5, 0.6) is 0 Å². The van der Waals surface area contributed by atoms with E-state index in [0.717, 1.165) is 6.54 Å². The molecule has 0 N–H and O–H groups in total. The van der Waals surface area contributed by atoms with Crippen LogP contribution >= 0.6 is 12.4 Å². The molecule has 0 aliphatic heterocycles. The average Bonchev–Trinajstić information content (AvgIpc) is 2.21. The van der Waals surface area contributed by atoms with Crippen molar-refractivity contribution in [2.75, 3.05) is 0 Å². The number of aromatic nitrogens is 1. The molecule has 0 spiro atoms. The van der Waals surface area contributed by atoms with Crippen molar-refractivity contribution in [1.82, 2.24) is 0 Å². The zero-order valence-electron chi connectivity index (χ0n) is 9.29. The summed E-state index contributed by atoms with van der Waals surface area (Å²) in [7, 11) is 0. The van der Waals surface area contributed by atoms with Crippen LogP contribution in [0.15, 0.2) is 30.6 Å². The van der Waals surface area contributed by atoms with Gasteiger partial charge >= 0.3 is 29.6 Å². The molecule has 0 saturated carbocycles. The Labute approximate surface area is 123 Å². The molecule has 0 aliphatic carbocycles. The molecule has 1 rings (SSSR count). The van der Waals surface area contributed by atoms with E-state index in [-0.39, 0.29) is 42.0 Å². The molecule has 86 valence electrons. The van der Waals surface area contributed by atoms with Crippen molar-refractivity contribution in [3.63, 3.8) is 0 Å². The summed E-state index contributed by atoms with van der Waals surface area (Å²) in [4.78, 5) is 11.0. The molecule has 0 unspecified atom stereocenters. The first-order valence-electron chi connectivity index (χ1n) is 4.15. The van der Waals surface area contributed by atoms with E-state index in [9.17, 15) is 0 Å². The molecule has 0 saturated heterocycles. The first-order chi connectivity index (χ1) is 6.70. The maximum atomic E-state index is 8.72. The molecular weight excluding hydrogens is 245 g/mol. The van der Waals surface area contributed by atoms with E-state index in [2.05, 4.69) is 40.9 Å². The van der Waals surface area contributed by atoms with E-state index < -0.39 is 6.16 Å². The van der Waals surface area contributed by atoms with E-state index >= 15 is 0 Å². The van der Waals surface area contributed by atoms with Gasteiger partial charge in [0.15, 0.2) is 12.4 Å². The topological polar surface area (TPSA) is 76.3 Å². The number of carboxylic acid groups (broad SMARTS) is 1. The van der Waals surface area contributed by atoms with E-state index in [1.165, 1.54) is 6.42 Å². The number of hydrogen-bond acceptors (Lipinski definition) is 4. The smallest absolute Gasteiger partial charge is 0.755 e. The van der Waals surface area contributed by atoms with Gasteiger partial charge in [0.25, 0.3) is 0 Å². The summed E-state index contributed by atoms with van der Waals surface area (Å²) in [5.74, 6) is 0. The summed E-state index contributed by atoms with van der Waals surface area (Å²) in [6.07, 6.45) is 3.33. The van der Waals surface area contributed by atoms with Gasteiger partial charge in [-0.2, -0.15) is 0 Å². The maximum Gasteiger partial charge on any atom is 1.00 e. The monoisotopic (exact) mass is 257 g/mol. The number of pyridine rings is 1. The SMILES string of the molecule is CCC[n+]1ccccc1.Cl.O=C([O-])O[O-].[Na+]. The molecule has 0 bridgehead atoms. The van der Waals surface area contributed by atoms with Crippen LogP contribution in [0.4, 0.5) is 4.79 Å². The van der Waals surface area contributed by atoms with Gasteiger partial charge in [0.05, 0.1) is 0 Å². The minimum atomic E-state index is -2.05. The van der Waals surface area contributed by atoms with Gasteiger partial charge in [-0.1, -0.05) is 13.0 Å². The average molecular weight is 258 g/mol. The van der Waals surface area contributed by atoms with E-state index in [0.29, 0.717) is 0 Å². The molecule has 7 heteroatoms. The van der Waals surface area contributed by atoms with Crippen molar-refractivity contribution in [3.8, 4) is 0 Å². The van der Waals surface area contributed by atoms with Crippen LogP contribution < -0.4 is 44.5 Å². The number of hydrogen-bond donors (Lipinski definition) is 0. The molecule has 0 atom stereocenters. The second kappa shape index (κ2) is 14.7. The number of halogens is 1. The van der Waals surface area contributed by atoms with Crippen LogP contribution in [0.2, 0.25) is 0 Å². The fourth-order valence-corrected chi connectivity index (χ4v) is 0.842. The van der Waals surface area contributed by atoms with Crippen molar-refractivity contribution in [2.45, 2.75) is 19.9 Å². The fourth-order valence-electron chi connectivity index (χ4n) is 0.842. The van der Waals surface area contributed by atoms with Crippen LogP contribution in [0.1, 0.15) is 13.3 Å². The predicted octanol–water partition coefficient (Wildman–Crippen LogP) is -3.57. The largest absolute Gasteiger partial charge is 1.00 e. The number of rotatable bonds is 2. The quantitative estimate of drug-likeness (QED) is 0.238. The number of aryl methyl sites for hydroxylation is 1. The normalized spacial score (nSPS) is 7.38. The van der Waals surface area contributed by atoms with Gasteiger partial charge < -0.3 is 20.0 Å². The van der Waals surface area contributed by atoms with Crippen molar-refractivity contribution in [1.29, 1.82) is 0 Å². The summed E-state index contributed by atoms with van der Waals surface area (Å²) in [5, 5.41) is 17.2. The Morgan fingerprint density at radius 2 is 1.75 bits per heavy atom. The van der Waals surface area contributed by atoms with Crippen molar-refractivity contribution < 1.29 is 54.2 Å². The van der Waals surface area contributed by atoms with Gasteiger partial charge in [-0.25, -0.2) is 4.57 Å². The number of carbonyl (C=O) groups excluding carboxylic acids is 1. The molecular formula is C9H13ClNNaO4. The van der Waals surface area contributed by atoms with Crippen LogP contribution in [-0.4, -0.2) is 6.16 Å². The molecule has 16 heavy (non-hydrogen) atoms. The predicted molar refractivity (Wildman–Crippen MR) is 50.7 cm³/mol. The van der Waals surface area contributed by atoms with Crippen molar-refractivity contribution in [3.05, 3.63) is 30.6 Å². The van der Waals surface area contributed by atoms with Gasteiger partial charge in [-0.3, -0.25) is 0 Å². The Hall–Kier alpha value is -0.330. The minimum Gasteiger partial charge on any atom is -0.755 e. The molecule has 1 aromatic heterocycles. The summed E-state index contributed by atoms with van der Waals surface area (Å²) in [6, 6.07) is 6.14. The van der Waals surface area contributed by atoms with Gasteiger partial charge in [0, 0.05) is 18.6 Å². The second-order valence-corrected chi connectivity index (χ2v) is 2.45. The van der Waals surface area contributed by atoms with E-state index in [1.807, 2.05) is 6.07 Å². The molecule has 0 amide bonds. The molecule has 0 fully saturated rings. The third kappa shape index (κ3) is 13.7. The Balaban J connectivity index is -0.000000214. The summed E-state index contributed by atoms with van der Waals surface area (Å²) in [6.45, 7) is 3.31. The van der Waals surface area contributed by atoms with Gasteiger partial charge in [-0.15, -0.1) is 12.4 Å². The number of carbonyl (C=O) groups is 1. The first kappa shape index (κ1) is 21.0. The molecule has 0 aliphatic rings. The maximum absolute atomic E-state index is 8.72. The molecule has 0 aromatic carbocycles. The van der Waals surface area contributed by atoms with Gasteiger partial charge in [0.1, 0.15) is 6.54 Å². The van der Waals surface area contributed by atoms with Gasteiger partial charge in [-0.05, 0) is 0 Å². The molecule has 1 aromatic rings. The molecule has 1 heterocycles. The van der Waals surface area contributed by atoms with Crippen molar-refractivity contribution >= 4 is 18.6 Å². The third-order valence-electron chi connectivity index (χ3n) is 1.33. The fraction of sp³-hybridized carbons (Fsp3) is 0.333. The third-order valence-corrected chi connectivity index (χ3v) is 1.33. The number of nitrogens with zero attached hydrogens (tertiary/aromatic N) is 1. The second-order valence-electron chi connectivity index (χ2n) is 2.45. The Bertz CT molecular complexity index is 261. The van der Waals surface area contributed by atoms with Crippen molar-refractivity contribution in [2.24, 2.45) is 0 Å². The summed E-state index contributed by atoms with van der Waals surface area (Å²) >= 11 is 0. The van der Waals surface area contributed by atoms with E-state index in [1.54, 1.807) is 0 Å². The first-order valence-corrected chi connectivity index (χ1v) is 4.15. The molecule has 5 nitrogen and oxygen atoms in total. The Morgan fingerprint density at radius 3 is 2.06 bits per heavy atom. The zero-order valence-corrected chi connectivity index (χ0v) is 12.1. The summed E-state index contributed by atoms with van der Waals surface area (Å²) < 4.78 is 2.18. The van der Waals surface area contributed by atoms with E-state index in [4.69, 9.17) is 15.2 Å². The Morgan fingerprint density at radius 1 is 1.31 bits per heavy atom. The summed E-state index contributed by atoms with van der Waals surface area (Å²) in [5.41, 5.74) is 0. The van der Waals surface area contributed by atoms with Crippen LogP contribution in [0.3, 0.4) is 0 Å². The van der Waals surface area contributed by atoms with Crippen LogP contribution in [-0.2, 0) is 11.4 Å². The van der Waals surface area contributed by atoms with Crippen LogP contribution in [0.25, 0.3) is 0 Å². The minimum absolute atomic E-state index is 0. The zero-order chi connectivity index (χ0) is 10.8. The standard InChI is InChI=1S/C8H12N.CH2O4.ClH.Na/c1-2-6-9-7-4-3-5-8-9;2-1(3)5-4;;/h3-5,7-8H,2,6H2,1H3;4H,(H,2,3);1H;/q+1;;;+1/p-2.